The van der Waals surface area contributed by atoms with E-state index in [2.05, 4.69) is 69.4 Å². The van der Waals surface area contributed by atoms with Crippen LogP contribution in [0.25, 0.3) is 0 Å². The summed E-state index contributed by atoms with van der Waals surface area (Å²) >= 11 is 3.66. The number of hydrogen-bond donors (Lipinski definition) is 0. The molecule has 106 valence electrons. The summed E-state index contributed by atoms with van der Waals surface area (Å²) < 4.78 is 7.00. The zero-order valence-electron chi connectivity index (χ0n) is 12.9. The van der Waals surface area contributed by atoms with E-state index in [1.165, 1.54) is 16.3 Å². The van der Waals surface area contributed by atoms with Gasteiger partial charge in [0.25, 0.3) is 0 Å². The van der Waals surface area contributed by atoms with Crippen LogP contribution in [0.5, 0.6) is 5.75 Å². The van der Waals surface area contributed by atoms with Gasteiger partial charge in [0, 0.05) is 0 Å². The Bertz CT molecular complexity index is 473. The van der Waals surface area contributed by atoms with Crippen molar-refractivity contribution in [2.24, 2.45) is 0 Å². The predicted molar refractivity (Wildman–Crippen MR) is 91.8 cm³/mol. The van der Waals surface area contributed by atoms with Crippen molar-refractivity contribution >= 4 is 29.9 Å². The first-order valence-electron chi connectivity index (χ1n) is 6.77. The molecule has 0 atom stereocenters. The van der Waals surface area contributed by atoms with Crippen LogP contribution in [0.4, 0.5) is 0 Å². The van der Waals surface area contributed by atoms with Gasteiger partial charge in [-0.3, -0.25) is 0 Å². The lowest BCUT2D eigenvalue weighted by Crippen LogP contribution is -2.35. The van der Waals surface area contributed by atoms with Crippen molar-refractivity contribution in [1.82, 2.24) is 0 Å². The second-order valence-electron chi connectivity index (χ2n) is 6.30. The third kappa shape index (κ3) is 3.73. The topological polar surface area (TPSA) is 9.23 Å². The molecule has 0 heterocycles. The Kier molecular flexibility index (Phi) is 5.45. The number of hydrogen-bond acceptors (Lipinski definition) is 1. The second-order valence-corrected chi connectivity index (χ2v) is 10.0. The highest BCUT2D eigenvalue weighted by molar-refractivity contribution is 9.10. The molecule has 3 heteroatoms. The maximum Gasteiger partial charge on any atom is 0.137 e. The highest BCUT2D eigenvalue weighted by atomic mass is 79.9. The summed E-state index contributed by atoms with van der Waals surface area (Å²) in [6.45, 7) is 18.0. The third-order valence-electron chi connectivity index (χ3n) is 3.15. The van der Waals surface area contributed by atoms with Gasteiger partial charge in [0.2, 0.25) is 0 Å². The summed E-state index contributed by atoms with van der Waals surface area (Å²) in [5, 5.41) is 1.54. The molecule has 1 aromatic rings. The minimum absolute atomic E-state index is 0.0810. The Morgan fingerprint density at radius 3 is 2.37 bits per heavy atom. The molecule has 0 aromatic heterocycles. The molecule has 0 amide bonds. The maximum absolute atomic E-state index is 5.95. The summed E-state index contributed by atoms with van der Waals surface area (Å²) in [5.74, 6) is 0.995. The number of rotatable bonds is 4. The van der Waals surface area contributed by atoms with Gasteiger partial charge in [-0.25, -0.2) is 0 Å². The number of benzene rings is 1. The van der Waals surface area contributed by atoms with Gasteiger partial charge in [-0.15, -0.1) is 0 Å². The highest BCUT2D eigenvalue weighted by Gasteiger charge is 2.27. The lowest BCUT2D eigenvalue weighted by atomic mass is 9.85. The highest BCUT2D eigenvalue weighted by Crippen LogP contribution is 2.37. The molecule has 0 aliphatic carbocycles. The van der Waals surface area contributed by atoms with Gasteiger partial charge >= 0.3 is 0 Å². The Hall–Kier alpha value is -0.543. The minimum atomic E-state index is -0.917. The third-order valence-corrected chi connectivity index (χ3v) is 5.64. The fourth-order valence-corrected chi connectivity index (χ4v) is 5.34. The van der Waals surface area contributed by atoms with Crippen LogP contribution in [-0.2, 0) is 5.41 Å². The molecule has 0 bridgehead atoms. The van der Waals surface area contributed by atoms with Crippen molar-refractivity contribution in [3.63, 3.8) is 0 Å². The van der Waals surface area contributed by atoms with Crippen LogP contribution in [0.1, 0.15) is 31.9 Å². The Morgan fingerprint density at radius 1 is 1.37 bits per heavy atom. The van der Waals surface area contributed by atoms with E-state index < -0.39 is 8.80 Å². The van der Waals surface area contributed by atoms with Gasteiger partial charge in [0.15, 0.2) is 0 Å². The van der Waals surface area contributed by atoms with Crippen molar-refractivity contribution in [3.8, 4) is 5.75 Å². The fraction of sp³-hybridized carbons (Fsp3) is 0.500. The lowest BCUT2D eigenvalue weighted by Gasteiger charge is -2.29. The van der Waals surface area contributed by atoms with Gasteiger partial charge in [-0.2, -0.15) is 0 Å². The standard InChI is InChI=1S/C16H25BrOSi/c1-8-9-18-14-12(17)10-11(2)15(19(6)7)13(14)16(3,4)5/h8,10,19H,1,9H2,2-7H3. The van der Waals surface area contributed by atoms with Crippen LogP contribution >= 0.6 is 15.9 Å². The van der Waals surface area contributed by atoms with E-state index in [1.807, 2.05) is 0 Å². The first-order valence-corrected chi connectivity index (χ1v) is 10.4. The van der Waals surface area contributed by atoms with E-state index in [0.717, 1.165) is 10.2 Å². The van der Waals surface area contributed by atoms with Crippen molar-refractivity contribution in [2.45, 2.75) is 46.2 Å². The van der Waals surface area contributed by atoms with Crippen molar-refractivity contribution in [1.29, 1.82) is 0 Å². The van der Waals surface area contributed by atoms with E-state index in [1.54, 1.807) is 6.08 Å². The summed E-state index contributed by atoms with van der Waals surface area (Å²) in [5.41, 5.74) is 2.82. The molecule has 0 aliphatic rings. The monoisotopic (exact) mass is 340 g/mol. The molecule has 0 aliphatic heterocycles. The number of halogens is 1. The molecule has 0 fully saturated rings. The van der Waals surface area contributed by atoms with Crippen LogP contribution in [0.3, 0.4) is 0 Å². The minimum Gasteiger partial charge on any atom is -0.488 e. The predicted octanol–water partition coefficient (Wildman–Crippen LogP) is 4.31. The summed E-state index contributed by atoms with van der Waals surface area (Å²) in [6, 6.07) is 2.19. The van der Waals surface area contributed by atoms with Gasteiger partial charge in [-0.1, -0.05) is 57.3 Å². The zero-order valence-corrected chi connectivity index (χ0v) is 15.7. The first kappa shape index (κ1) is 16.5. The van der Waals surface area contributed by atoms with Crippen molar-refractivity contribution in [3.05, 3.63) is 34.3 Å². The van der Waals surface area contributed by atoms with Crippen LogP contribution in [-0.4, -0.2) is 15.4 Å². The molecule has 0 radical (unpaired) electrons. The molecule has 1 rings (SSSR count). The van der Waals surface area contributed by atoms with E-state index in [4.69, 9.17) is 4.74 Å². The molecule has 0 unspecified atom stereocenters. The maximum atomic E-state index is 5.95. The fourth-order valence-electron chi connectivity index (χ4n) is 2.54. The normalized spacial score (nSPS) is 11.8. The molecule has 1 aromatic carbocycles. The Morgan fingerprint density at radius 2 is 1.95 bits per heavy atom. The SMILES string of the molecule is C=CCOc1c(Br)cc(C)c([SiH](C)C)c1C(C)(C)C. The van der Waals surface area contributed by atoms with Crippen LogP contribution in [0.2, 0.25) is 13.1 Å². The van der Waals surface area contributed by atoms with Gasteiger partial charge < -0.3 is 4.74 Å². The molecular formula is C16H25BrOSi. The molecule has 0 N–H and O–H groups in total. The Balaban J connectivity index is 3.60. The van der Waals surface area contributed by atoms with Gasteiger partial charge in [-0.05, 0) is 39.9 Å². The zero-order chi connectivity index (χ0) is 14.8. The quantitative estimate of drug-likeness (QED) is 0.586. The summed E-state index contributed by atoms with van der Waals surface area (Å²) in [7, 11) is -0.917. The lowest BCUT2D eigenvalue weighted by molar-refractivity contribution is 0.349. The molecule has 19 heavy (non-hydrogen) atoms. The number of aryl methyl sites for hydroxylation is 1. The molecular weight excluding hydrogens is 316 g/mol. The van der Waals surface area contributed by atoms with E-state index in [9.17, 15) is 0 Å². The molecule has 0 saturated heterocycles. The first-order chi connectivity index (χ1) is 8.70. The summed E-state index contributed by atoms with van der Waals surface area (Å²) in [6.07, 6.45) is 1.80. The van der Waals surface area contributed by atoms with Crippen LogP contribution < -0.4 is 9.92 Å². The average molecular weight is 341 g/mol. The van der Waals surface area contributed by atoms with E-state index in [-0.39, 0.29) is 5.41 Å². The largest absolute Gasteiger partial charge is 0.488 e. The van der Waals surface area contributed by atoms with Crippen molar-refractivity contribution < 1.29 is 4.74 Å². The van der Waals surface area contributed by atoms with Crippen LogP contribution in [0, 0.1) is 6.92 Å². The molecule has 0 spiro atoms. The van der Waals surface area contributed by atoms with Gasteiger partial charge in [0.05, 0.1) is 13.3 Å². The smallest absolute Gasteiger partial charge is 0.137 e. The molecule has 1 nitrogen and oxygen atoms in total. The second kappa shape index (κ2) is 6.27. The van der Waals surface area contributed by atoms with Crippen LogP contribution in [0.15, 0.2) is 23.2 Å². The molecule has 0 saturated carbocycles. The van der Waals surface area contributed by atoms with E-state index in [0.29, 0.717) is 6.61 Å². The Labute approximate surface area is 127 Å². The number of ether oxygens (including phenoxy) is 1. The summed E-state index contributed by atoms with van der Waals surface area (Å²) in [4.78, 5) is 0. The van der Waals surface area contributed by atoms with Gasteiger partial charge in [0.1, 0.15) is 12.4 Å². The van der Waals surface area contributed by atoms with E-state index >= 15 is 0 Å². The van der Waals surface area contributed by atoms with Crippen molar-refractivity contribution in [2.75, 3.05) is 6.61 Å². The average Bonchev–Trinajstić information content (AvgIpc) is 2.25.